The van der Waals surface area contributed by atoms with Gasteiger partial charge < -0.3 is 14.6 Å². The maximum Gasteiger partial charge on any atom is 0.201 e. The Balaban J connectivity index is 2.39. The zero-order valence-electron chi connectivity index (χ0n) is 11.7. The number of benzene rings is 2. The molecule has 0 aliphatic heterocycles. The molecular formula is C17H14O4. The molecule has 1 heterocycles. The highest BCUT2D eigenvalue weighted by molar-refractivity contribution is 5.86. The van der Waals surface area contributed by atoms with Crippen LogP contribution in [0.3, 0.4) is 0 Å². The van der Waals surface area contributed by atoms with Crippen LogP contribution in [0.1, 0.15) is 11.3 Å². The molecule has 0 bridgehead atoms. The van der Waals surface area contributed by atoms with E-state index in [1.54, 1.807) is 26.0 Å². The molecular weight excluding hydrogens is 268 g/mol. The highest BCUT2D eigenvalue weighted by Gasteiger charge is 2.15. The summed E-state index contributed by atoms with van der Waals surface area (Å²) in [5, 5.41) is 19.4. The van der Waals surface area contributed by atoms with Gasteiger partial charge in [-0.2, -0.15) is 0 Å². The van der Waals surface area contributed by atoms with Crippen LogP contribution in [-0.2, 0) is 0 Å². The van der Waals surface area contributed by atoms with Crippen LogP contribution < -0.4 is 5.43 Å². The van der Waals surface area contributed by atoms with Crippen molar-refractivity contribution >= 4 is 11.0 Å². The van der Waals surface area contributed by atoms with E-state index in [0.717, 1.165) is 0 Å². The van der Waals surface area contributed by atoms with Crippen molar-refractivity contribution in [3.63, 3.8) is 0 Å². The Morgan fingerprint density at radius 1 is 0.952 bits per heavy atom. The quantitative estimate of drug-likeness (QED) is 0.716. The van der Waals surface area contributed by atoms with Gasteiger partial charge in [0.25, 0.3) is 0 Å². The predicted molar refractivity (Wildman–Crippen MR) is 80.7 cm³/mol. The highest BCUT2D eigenvalue weighted by atomic mass is 16.3. The summed E-state index contributed by atoms with van der Waals surface area (Å²) >= 11 is 0. The van der Waals surface area contributed by atoms with Crippen LogP contribution >= 0.6 is 0 Å². The van der Waals surface area contributed by atoms with Gasteiger partial charge in [0.05, 0.1) is 10.9 Å². The second kappa shape index (κ2) is 4.66. The zero-order chi connectivity index (χ0) is 15.1. The lowest BCUT2D eigenvalue weighted by atomic mass is 10.0. The standard InChI is InChI=1S/C17H14O4/c1-9-7-13(19)8-14-15(9)17(20)16(10(2)21-14)11-3-5-12(18)6-4-11/h3-8,18-19H,1-2H3. The molecule has 0 aliphatic rings. The fraction of sp³-hybridized carbons (Fsp3) is 0.118. The molecule has 3 rings (SSSR count). The summed E-state index contributed by atoms with van der Waals surface area (Å²) in [6.07, 6.45) is 0. The first kappa shape index (κ1) is 13.2. The minimum absolute atomic E-state index is 0.0694. The summed E-state index contributed by atoms with van der Waals surface area (Å²) in [6, 6.07) is 9.39. The van der Waals surface area contributed by atoms with Crippen molar-refractivity contribution in [2.75, 3.05) is 0 Å². The molecule has 4 heteroatoms. The topological polar surface area (TPSA) is 70.7 Å². The van der Waals surface area contributed by atoms with Gasteiger partial charge in [-0.05, 0) is 43.2 Å². The normalized spacial score (nSPS) is 11.0. The molecule has 0 amide bonds. The largest absolute Gasteiger partial charge is 0.508 e. The van der Waals surface area contributed by atoms with E-state index in [-0.39, 0.29) is 16.9 Å². The molecule has 1 aromatic heterocycles. The summed E-state index contributed by atoms with van der Waals surface area (Å²) < 4.78 is 5.70. The lowest BCUT2D eigenvalue weighted by molar-refractivity contribution is 0.472. The van der Waals surface area contributed by atoms with Gasteiger partial charge in [0.15, 0.2) is 0 Å². The van der Waals surface area contributed by atoms with Crippen LogP contribution in [-0.4, -0.2) is 10.2 Å². The second-order valence-electron chi connectivity index (χ2n) is 5.05. The number of aryl methyl sites for hydroxylation is 2. The van der Waals surface area contributed by atoms with E-state index >= 15 is 0 Å². The van der Waals surface area contributed by atoms with E-state index in [4.69, 9.17) is 4.42 Å². The predicted octanol–water partition coefficient (Wildman–Crippen LogP) is 3.49. The molecule has 4 nitrogen and oxygen atoms in total. The molecule has 3 aromatic rings. The Morgan fingerprint density at radius 3 is 2.29 bits per heavy atom. The van der Waals surface area contributed by atoms with E-state index in [0.29, 0.717) is 33.4 Å². The number of hydrogen-bond donors (Lipinski definition) is 2. The molecule has 2 N–H and O–H groups in total. The maximum atomic E-state index is 12.8. The van der Waals surface area contributed by atoms with Crippen LogP contribution in [0.5, 0.6) is 11.5 Å². The lowest BCUT2D eigenvalue weighted by Crippen LogP contribution is -2.08. The summed E-state index contributed by atoms with van der Waals surface area (Å²) in [7, 11) is 0. The second-order valence-corrected chi connectivity index (χ2v) is 5.05. The summed E-state index contributed by atoms with van der Waals surface area (Å²) in [5.74, 6) is 0.686. The molecule has 0 spiro atoms. The minimum Gasteiger partial charge on any atom is -0.508 e. The molecule has 2 aromatic carbocycles. The van der Waals surface area contributed by atoms with Gasteiger partial charge in [-0.25, -0.2) is 0 Å². The SMILES string of the molecule is Cc1oc2cc(O)cc(C)c2c(=O)c1-c1ccc(O)cc1. The molecule has 0 saturated heterocycles. The third kappa shape index (κ3) is 2.14. The molecule has 0 fully saturated rings. The number of phenolic OH excluding ortho intramolecular Hbond substituents is 2. The Morgan fingerprint density at radius 2 is 1.62 bits per heavy atom. The summed E-state index contributed by atoms with van der Waals surface area (Å²) in [4.78, 5) is 12.8. The van der Waals surface area contributed by atoms with Crippen LogP contribution in [0.4, 0.5) is 0 Å². The van der Waals surface area contributed by atoms with Crippen molar-refractivity contribution in [3.8, 4) is 22.6 Å². The number of hydrogen-bond acceptors (Lipinski definition) is 4. The number of fused-ring (bicyclic) bond motifs is 1. The first-order valence-corrected chi connectivity index (χ1v) is 6.54. The van der Waals surface area contributed by atoms with Gasteiger partial charge in [0, 0.05) is 6.07 Å². The minimum atomic E-state index is -0.142. The van der Waals surface area contributed by atoms with E-state index in [2.05, 4.69) is 0 Å². The average Bonchev–Trinajstić information content (AvgIpc) is 2.39. The lowest BCUT2D eigenvalue weighted by Gasteiger charge is -2.09. The molecule has 106 valence electrons. The summed E-state index contributed by atoms with van der Waals surface area (Å²) in [5.41, 5.74) is 2.05. The van der Waals surface area contributed by atoms with E-state index in [1.807, 2.05) is 0 Å². The van der Waals surface area contributed by atoms with Gasteiger partial charge in [-0.3, -0.25) is 4.79 Å². The van der Waals surface area contributed by atoms with Crippen LogP contribution in [0.25, 0.3) is 22.1 Å². The molecule has 21 heavy (non-hydrogen) atoms. The Kier molecular flexibility index (Phi) is 2.94. The van der Waals surface area contributed by atoms with Crippen molar-refractivity contribution in [1.29, 1.82) is 0 Å². The van der Waals surface area contributed by atoms with Crippen molar-refractivity contribution in [2.45, 2.75) is 13.8 Å². The molecule has 0 atom stereocenters. The zero-order valence-corrected chi connectivity index (χ0v) is 11.7. The fourth-order valence-corrected chi connectivity index (χ4v) is 2.57. The van der Waals surface area contributed by atoms with Crippen molar-refractivity contribution < 1.29 is 14.6 Å². The van der Waals surface area contributed by atoms with Gasteiger partial charge in [-0.1, -0.05) is 12.1 Å². The first-order valence-electron chi connectivity index (χ1n) is 6.54. The van der Waals surface area contributed by atoms with Gasteiger partial charge in [-0.15, -0.1) is 0 Å². The van der Waals surface area contributed by atoms with Crippen molar-refractivity contribution in [2.24, 2.45) is 0 Å². The van der Waals surface area contributed by atoms with Crippen LogP contribution in [0.2, 0.25) is 0 Å². The first-order chi connectivity index (χ1) is 9.97. The third-order valence-electron chi connectivity index (χ3n) is 3.51. The van der Waals surface area contributed by atoms with Crippen LogP contribution in [0, 0.1) is 13.8 Å². The Labute approximate surface area is 120 Å². The smallest absolute Gasteiger partial charge is 0.201 e. The fourth-order valence-electron chi connectivity index (χ4n) is 2.57. The van der Waals surface area contributed by atoms with E-state index < -0.39 is 0 Å². The number of phenols is 2. The molecule has 0 radical (unpaired) electrons. The Hall–Kier alpha value is -2.75. The van der Waals surface area contributed by atoms with E-state index in [9.17, 15) is 15.0 Å². The molecule has 0 aliphatic carbocycles. The van der Waals surface area contributed by atoms with Gasteiger partial charge in [0.2, 0.25) is 5.43 Å². The monoisotopic (exact) mass is 282 g/mol. The van der Waals surface area contributed by atoms with Gasteiger partial charge in [0.1, 0.15) is 22.8 Å². The average molecular weight is 282 g/mol. The highest BCUT2D eigenvalue weighted by Crippen LogP contribution is 2.28. The summed E-state index contributed by atoms with van der Waals surface area (Å²) in [6.45, 7) is 3.47. The number of rotatable bonds is 1. The maximum absolute atomic E-state index is 12.8. The third-order valence-corrected chi connectivity index (χ3v) is 3.51. The Bertz CT molecular complexity index is 889. The molecule has 0 unspecified atom stereocenters. The van der Waals surface area contributed by atoms with Crippen molar-refractivity contribution in [3.05, 3.63) is 57.9 Å². The van der Waals surface area contributed by atoms with Gasteiger partial charge >= 0.3 is 0 Å². The molecule has 0 saturated carbocycles. The van der Waals surface area contributed by atoms with E-state index in [1.165, 1.54) is 24.3 Å². The van der Waals surface area contributed by atoms with Crippen LogP contribution in [0.15, 0.2) is 45.6 Å². The number of aromatic hydroxyl groups is 2. The van der Waals surface area contributed by atoms with Crippen molar-refractivity contribution in [1.82, 2.24) is 0 Å².